The summed E-state index contributed by atoms with van der Waals surface area (Å²) in [7, 11) is 0. The second-order valence-corrected chi connectivity index (χ2v) is 4.32. The SMILES string of the molecule is CCC(C/C(N)=N/O)NC(=O)c1cccc(O)c1C. The minimum Gasteiger partial charge on any atom is -0.508 e. The van der Waals surface area contributed by atoms with E-state index in [1.165, 1.54) is 6.07 Å². The highest BCUT2D eigenvalue weighted by atomic mass is 16.4. The molecule has 0 aliphatic carbocycles. The van der Waals surface area contributed by atoms with E-state index in [4.69, 9.17) is 10.9 Å². The molecule has 1 rings (SSSR count). The molecule has 0 aliphatic heterocycles. The Labute approximate surface area is 111 Å². The zero-order valence-electron chi connectivity index (χ0n) is 11.1. The number of nitrogens with two attached hydrogens (primary N) is 1. The van der Waals surface area contributed by atoms with Crippen LogP contribution in [0.4, 0.5) is 0 Å². The Morgan fingerprint density at radius 1 is 1.53 bits per heavy atom. The molecule has 104 valence electrons. The first-order chi connectivity index (χ1) is 8.99. The Bertz CT molecular complexity index is 486. The lowest BCUT2D eigenvalue weighted by molar-refractivity contribution is 0.0936. The van der Waals surface area contributed by atoms with E-state index in [1.807, 2.05) is 6.92 Å². The molecule has 1 amide bonds. The van der Waals surface area contributed by atoms with Gasteiger partial charge in [-0.3, -0.25) is 4.79 Å². The standard InChI is InChI=1S/C13H19N3O3/c1-3-9(7-12(14)16-19)15-13(18)10-5-4-6-11(17)8(10)2/h4-6,9,17,19H,3,7H2,1-2H3,(H2,14,16)(H,15,18). The largest absolute Gasteiger partial charge is 0.508 e. The molecule has 0 spiro atoms. The highest BCUT2D eigenvalue weighted by Crippen LogP contribution is 2.19. The van der Waals surface area contributed by atoms with E-state index < -0.39 is 0 Å². The summed E-state index contributed by atoms with van der Waals surface area (Å²) in [6, 6.07) is 4.56. The van der Waals surface area contributed by atoms with Gasteiger partial charge >= 0.3 is 0 Å². The van der Waals surface area contributed by atoms with E-state index >= 15 is 0 Å². The maximum absolute atomic E-state index is 12.1. The molecule has 6 heteroatoms. The fourth-order valence-corrected chi connectivity index (χ4v) is 1.72. The number of benzene rings is 1. The quantitative estimate of drug-likeness (QED) is 0.279. The molecule has 0 bridgehead atoms. The molecule has 0 aromatic heterocycles. The van der Waals surface area contributed by atoms with Crippen molar-refractivity contribution in [2.45, 2.75) is 32.7 Å². The van der Waals surface area contributed by atoms with Crippen LogP contribution in [0.15, 0.2) is 23.4 Å². The van der Waals surface area contributed by atoms with Gasteiger partial charge in [-0.1, -0.05) is 18.1 Å². The number of amides is 1. The molecule has 0 saturated heterocycles. The predicted octanol–water partition coefficient (Wildman–Crippen LogP) is 1.35. The number of phenols is 1. The van der Waals surface area contributed by atoms with E-state index in [2.05, 4.69) is 10.5 Å². The number of amidine groups is 1. The number of nitrogens with one attached hydrogen (secondary N) is 1. The van der Waals surface area contributed by atoms with E-state index in [-0.39, 0.29) is 30.0 Å². The van der Waals surface area contributed by atoms with Crippen LogP contribution in [-0.4, -0.2) is 28.1 Å². The predicted molar refractivity (Wildman–Crippen MR) is 72.4 cm³/mol. The first-order valence-corrected chi connectivity index (χ1v) is 6.05. The van der Waals surface area contributed by atoms with E-state index in [9.17, 15) is 9.90 Å². The van der Waals surface area contributed by atoms with Crippen molar-refractivity contribution < 1.29 is 15.1 Å². The number of phenolic OH excluding ortho intramolecular Hbond substituents is 1. The number of carbonyl (C=O) groups is 1. The lowest BCUT2D eigenvalue weighted by Crippen LogP contribution is -2.37. The monoisotopic (exact) mass is 265 g/mol. The summed E-state index contributed by atoms with van der Waals surface area (Å²) in [6.07, 6.45) is 0.927. The van der Waals surface area contributed by atoms with Gasteiger partial charge in [0.25, 0.3) is 5.91 Å². The first kappa shape index (κ1) is 14.8. The topological polar surface area (TPSA) is 108 Å². The second kappa shape index (κ2) is 6.63. The molecule has 0 aliphatic rings. The normalized spacial score (nSPS) is 13.1. The van der Waals surface area contributed by atoms with Crippen molar-refractivity contribution in [3.63, 3.8) is 0 Å². The second-order valence-electron chi connectivity index (χ2n) is 4.32. The summed E-state index contributed by atoms with van der Waals surface area (Å²) in [5.41, 5.74) is 6.37. The minimum atomic E-state index is -0.286. The molecule has 0 fully saturated rings. The zero-order valence-corrected chi connectivity index (χ0v) is 11.1. The maximum atomic E-state index is 12.1. The summed E-state index contributed by atoms with van der Waals surface area (Å²) in [5.74, 6) is -0.136. The van der Waals surface area contributed by atoms with Gasteiger partial charge < -0.3 is 21.4 Å². The van der Waals surface area contributed by atoms with Crippen molar-refractivity contribution in [3.8, 4) is 5.75 Å². The summed E-state index contributed by atoms with van der Waals surface area (Å²) in [5, 5.41) is 23.8. The van der Waals surface area contributed by atoms with Crippen LogP contribution in [-0.2, 0) is 0 Å². The third-order valence-corrected chi connectivity index (χ3v) is 2.96. The Kier molecular flexibility index (Phi) is 5.17. The van der Waals surface area contributed by atoms with Gasteiger partial charge in [-0.05, 0) is 25.5 Å². The average molecular weight is 265 g/mol. The van der Waals surface area contributed by atoms with E-state index in [0.29, 0.717) is 17.5 Å². The van der Waals surface area contributed by atoms with E-state index in [0.717, 1.165) is 0 Å². The van der Waals surface area contributed by atoms with Gasteiger partial charge in [0.15, 0.2) is 0 Å². The molecule has 1 unspecified atom stereocenters. The van der Waals surface area contributed by atoms with Crippen LogP contribution in [0.3, 0.4) is 0 Å². The number of carbonyl (C=O) groups excluding carboxylic acids is 1. The van der Waals surface area contributed by atoms with Crippen molar-refractivity contribution in [2.24, 2.45) is 10.9 Å². The molecule has 1 aromatic rings. The highest BCUT2D eigenvalue weighted by Gasteiger charge is 2.16. The number of nitrogens with zero attached hydrogens (tertiary/aromatic N) is 1. The van der Waals surface area contributed by atoms with Gasteiger partial charge in [-0.2, -0.15) is 0 Å². The molecule has 0 radical (unpaired) electrons. The summed E-state index contributed by atoms with van der Waals surface area (Å²) < 4.78 is 0. The number of hydrogen-bond acceptors (Lipinski definition) is 4. The number of hydrogen-bond donors (Lipinski definition) is 4. The lowest BCUT2D eigenvalue weighted by atomic mass is 10.1. The van der Waals surface area contributed by atoms with Crippen molar-refractivity contribution >= 4 is 11.7 Å². The fraction of sp³-hybridized carbons (Fsp3) is 0.385. The van der Waals surface area contributed by atoms with Crippen LogP contribution in [0.2, 0.25) is 0 Å². The van der Waals surface area contributed by atoms with Crippen molar-refractivity contribution in [3.05, 3.63) is 29.3 Å². The van der Waals surface area contributed by atoms with Gasteiger partial charge in [-0.15, -0.1) is 0 Å². The average Bonchev–Trinajstić information content (AvgIpc) is 2.40. The lowest BCUT2D eigenvalue weighted by Gasteiger charge is -2.17. The van der Waals surface area contributed by atoms with E-state index in [1.54, 1.807) is 19.1 Å². The molecule has 19 heavy (non-hydrogen) atoms. The molecule has 1 atom stereocenters. The van der Waals surface area contributed by atoms with Gasteiger partial charge in [0.1, 0.15) is 11.6 Å². The number of rotatable bonds is 5. The molecule has 0 saturated carbocycles. The molecule has 0 heterocycles. The smallest absolute Gasteiger partial charge is 0.251 e. The summed E-state index contributed by atoms with van der Waals surface area (Å²) in [4.78, 5) is 12.1. The van der Waals surface area contributed by atoms with Crippen LogP contribution < -0.4 is 11.1 Å². The Balaban J connectivity index is 2.80. The van der Waals surface area contributed by atoms with Crippen LogP contribution >= 0.6 is 0 Å². The van der Waals surface area contributed by atoms with Crippen LogP contribution in [0, 0.1) is 6.92 Å². The third kappa shape index (κ3) is 3.87. The third-order valence-electron chi connectivity index (χ3n) is 2.96. The van der Waals surface area contributed by atoms with Crippen molar-refractivity contribution in [1.29, 1.82) is 0 Å². The number of aromatic hydroxyl groups is 1. The Hall–Kier alpha value is -2.24. The first-order valence-electron chi connectivity index (χ1n) is 6.05. The van der Waals surface area contributed by atoms with Crippen molar-refractivity contribution in [2.75, 3.05) is 0 Å². The van der Waals surface area contributed by atoms with Gasteiger partial charge in [0.2, 0.25) is 0 Å². The van der Waals surface area contributed by atoms with Gasteiger partial charge in [0.05, 0.1) is 0 Å². The number of oxime groups is 1. The molecule has 1 aromatic carbocycles. The van der Waals surface area contributed by atoms with Crippen LogP contribution in [0.1, 0.15) is 35.7 Å². The van der Waals surface area contributed by atoms with Crippen LogP contribution in [0.25, 0.3) is 0 Å². The highest BCUT2D eigenvalue weighted by molar-refractivity contribution is 5.96. The van der Waals surface area contributed by atoms with Gasteiger partial charge in [-0.25, -0.2) is 0 Å². The Morgan fingerprint density at radius 3 is 2.79 bits per heavy atom. The fourth-order valence-electron chi connectivity index (χ4n) is 1.72. The minimum absolute atomic E-state index is 0.0692. The maximum Gasteiger partial charge on any atom is 0.251 e. The van der Waals surface area contributed by atoms with Crippen molar-refractivity contribution in [1.82, 2.24) is 5.32 Å². The zero-order chi connectivity index (χ0) is 14.4. The van der Waals surface area contributed by atoms with Crippen LogP contribution in [0.5, 0.6) is 5.75 Å². The molecular formula is C13H19N3O3. The molecule has 5 N–H and O–H groups in total. The Morgan fingerprint density at radius 2 is 2.21 bits per heavy atom. The molecular weight excluding hydrogens is 246 g/mol. The molecule has 6 nitrogen and oxygen atoms in total. The summed E-state index contributed by atoms with van der Waals surface area (Å²) >= 11 is 0. The summed E-state index contributed by atoms with van der Waals surface area (Å²) in [6.45, 7) is 3.57. The van der Waals surface area contributed by atoms with Gasteiger partial charge in [0, 0.05) is 23.6 Å².